The SMILES string of the molecule is C=CC(=O)OC(=O)/C=C\n1cnc(-c2cc(OC(C)C)nc(C(F)(F)F)c2)n1. The van der Waals surface area contributed by atoms with Crippen LogP contribution in [0.25, 0.3) is 17.6 Å². The van der Waals surface area contributed by atoms with E-state index in [0.29, 0.717) is 0 Å². The van der Waals surface area contributed by atoms with Crippen LogP contribution in [0.2, 0.25) is 0 Å². The summed E-state index contributed by atoms with van der Waals surface area (Å²) >= 11 is 0. The van der Waals surface area contributed by atoms with Gasteiger partial charge >= 0.3 is 18.1 Å². The van der Waals surface area contributed by atoms with Crippen LogP contribution >= 0.6 is 0 Å². The number of hydrogen-bond donors (Lipinski definition) is 0. The standard InChI is InChI=1S/C17H15F3N4O4/c1-4-14(25)28-15(26)5-6-24-9-21-16(23-24)11-7-12(17(18,19)20)22-13(8-11)27-10(2)3/h4-10H,1H2,2-3H3/b6-5-. The van der Waals surface area contributed by atoms with Crippen LogP contribution in [0.3, 0.4) is 0 Å². The predicted molar refractivity (Wildman–Crippen MR) is 90.6 cm³/mol. The summed E-state index contributed by atoms with van der Waals surface area (Å²) in [5.41, 5.74) is -1.13. The molecule has 2 aromatic heterocycles. The van der Waals surface area contributed by atoms with Gasteiger partial charge in [-0.05, 0) is 19.9 Å². The molecule has 0 N–H and O–H groups in total. The molecule has 2 heterocycles. The van der Waals surface area contributed by atoms with Crippen molar-refractivity contribution in [3.05, 3.63) is 42.9 Å². The number of pyridine rings is 1. The molecule has 0 saturated heterocycles. The van der Waals surface area contributed by atoms with Crippen molar-refractivity contribution in [2.24, 2.45) is 0 Å². The summed E-state index contributed by atoms with van der Waals surface area (Å²) in [6.45, 7) is 6.44. The third kappa shape index (κ3) is 5.76. The van der Waals surface area contributed by atoms with E-state index in [1.54, 1.807) is 13.8 Å². The maximum absolute atomic E-state index is 13.1. The minimum absolute atomic E-state index is 0.0227. The van der Waals surface area contributed by atoms with Crippen molar-refractivity contribution in [3.8, 4) is 17.3 Å². The molecule has 11 heteroatoms. The van der Waals surface area contributed by atoms with Crippen molar-refractivity contribution in [1.82, 2.24) is 19.7 Å². The maximum Gasteiger partial charge on any atom is 0.433 e. The van der Waals surface area contributed by atoms with E-state index in [1.807, 2.05) is 0 Å². The topological polar surface area (TPSA) is 96.2 Å². The summed E-state index contributed by atoms with van der Waals surface area (Å²) in [6, 6.07) is 2.06. The molecular weight excluding hydrogens is 381 g/mol. The van der Waals surface area contributed by atoms with Gasteiger partial charge in [-0.1, -0.05) is 6.58 Å². The molecule has 0 saturated carbocycles. The predicted octanol–water partition coefficient (Wildman–Crippen LogP) is 2.87. The van der Waals surface area contributed by atoms with Crippen LogP contribution < -0.4 is 4.74 Å². The van der Waals surface area contributed by atoms with Gasteiger partial charge in [-0.15, -0.1) is 5.10 Å². The molecule has 0 spiro atoms. The summed E-state index contributed by atoms with van der Waals surface area (Å²) in [5.74, 6) is -2.18. The summed E-state index contributed by atoms with van der Waals surface area (Å²) in [6.07, 6.45) is -1.09. The number of carbonyl (C=O) groups excluding carboxylic acids is 2. The van der Waals surface area contributed by atoms with Crippen LogP contribution in [0.1, 0.15) is 19.5 Å². The Labute approximate surface area is 157 Å². The van der Waals surface area contributed by atoms with Crippen LogP contribution in [-0.2, 0) is 20.5 Å². The van der Waals surface area contributed by atoms with Gasteiger partial charge in [0.15, 0.2) is 5.82 Å². The van der Waals surface area contributed by atoms with E-state index in [4.69, 9.17) is 4.74 Å². The number of alkyl halides is 3. The highest BCUT2D eigenvalue weighted by molar-refractivity contribution is 5.97. The lowest BCUT2D eigenvalue weighted by Gasteiger charge is -2.12. The van der Waals surface area contributed by atoms with Crippen molar-refractivity contribution in [1.29, 1.82) is 0 Å². The van der Waals surface area contributed by atoms with Gasteiger partial charge in [0, 0.05) is 30.0 Å². The zero-order valence-electron chi connectivity index (χ0n) is 14.8. The zero-order chi connectivity index (χ0) is 20.9. The highest BCUT2D eigenvalue weighted by Gasteiger charge is 2.34. The first-order chi connectivity index (χ1) is 13.1. The number of halogens is 3. The van der Waals surface area contributed by atoms with Gasteiger partial charge in [-0.25, -0.2) is 24.2 Å². The molecule has 0 aliphatic carbocycles. The second kappa shape index (κ2) is 8.46. The Hall–Kier alpha value is -3.50. The highest BCUT2D eigenvalue weighted by atomic mass is 19.4. The smallest absolute Gasteiger partial charge is 0.433 e. The fourth-order valence-electron chi connectivity index (χ4n) is 1.87. The third-order valence-electron chi connectivity index (χ3n) is 2.95. The lowest BCUT2D eigenvalue weighted by molar-refractivity contribution is -0.152. The molecule has 148 valence electrons. The van der Waals surface area contributed by atoms with E-state index < -0.39 is 23.8 Å². The first kappa shape index (κ1) is 20.8. The number of nitrogens with zero attached hydrogens (tertiary/aromatic N) is 4. The zero-order valence-corrected chi connectivity index (χ0v) is 14.8. The lowest BCUT2D eigenvalue weighted by Crippen LogP contribution is -2.12. The van der Waals surface area contributed by atoms with Gasteiger partial charge in [0.2, 0.25) is 5.88 Å². The van der Waals surface area contributed by atoms with Gasteiger partial charge in [0.05, 0.1) is 6.10 Å². The molecule has 0 amide bonds. The normalized spacial score (nSPS) is 11.6. The Bertz CT molecular complexity index is 919. The maximum atomic E-state index is 13.1. The summed E-state index contributed by atoms with van der Waals surface area (Å²) in [5, 5.41) is 3.95. The third-order valence-corrected chi connectivity index (χ3v) is 2.95. The fraction of sp³-hybridized carbons (Fsp3) is 0.235. The Morgan fingerprint density at radius 3 is 2.57 bits per heavy atom. The molecular formula is C17H15F3N4O4. The molecule has 0 unspecified atom stereocenters. The second-order valence-electron chi connectivity index (χ2n) is 5.55. The Morgan fingerprint density at radius 2 is 1.96 bits per heavy atom. The van der Waals surface area contributed by atoms with Crippen LogP contribution in [0.5, 0.6) is 5.88 Å². The highest BCUT2D eigenvalue weighted by Crippen LogP contribution is 2.32. The minimum atomic E-state index is -4.69. The van der Waals surface area contributed by atoms with Crippen LogP contribution in [-0.4, -0.2) is 37.8 Å². The Balaban J connectivity index is 2.29. The first-order valence-electron chi connectivity index (χ1n) is 7.82. The van der Waals surface area contributed by atoms with E-state index in [9.17, 15) is 22.8 Å². The molecule has 0 radical (unpaired) electrons. The molecule has 0 aliphatic heterocycles. The monoisotopic (exact) mass is 396 g/mol. The number of esters is 2. The lowest BCUT2D eigenvalue weighted by atomic mass is 10.2. The van der Waals surface area contributed by atoms with Crippen molar-refractivity contribution in [2.75, 3.05) is 0 Å². The van der Waals surface area contributed by atoms with E-state index >= 15 is 0 Å². The van der Waals surface area contributed by atoms with Crippen LogP contribution in [0.15, 0.2) is 37.2 Å². The summed E-state index contributed by atoms with van der Waals surface area (Å²) < 4.78 is 49.9. The average molecular weight is 396 g/mol. The van der Waals surface area contributed by atoms with Crippen LogP contribution in [0.4, 0.5) is 13.2 Å². The molecule has 28 heavy (non-hydrogen) atoms. The van der Waals surface area contributed by atoms with Crippen LogP contribution in [0, 0.1) is 0 Å². The summed E-state index contributed by atoms with van der Waals surface area (Å²) in [4.78, 5) is 29.6. The van der Waals surface area contributed by atoms with E-state index in [-0.39, 0.29) is 23.4 Å². The quantitative estimate of drug-likeness (QED) is 0.421. The minimum Gasteiger partial charge on any atom is -0.475 e. The van der Waals surface area contributed by atoms with Gasteiger partial charge in [-0.3, -0.25) is 0 Å². The molecule has 0 aromatic carbocycles. The number of aromatic nitrogens is 4. The van der Waals surface area contributed by atoms with E-state index in [0.717, 1.165) is 35.4 Å². The van der Waals surface area contributed by atoms with Crippen molar-refractivity contribution >= 4 is 18.1 Å². The van der Waals surface area contributed by atoms with Crippen molar-refractivity contribution in [2.45, 2.75) is 26.1 Å². The Kier molecular flexibility index (Phi) is 6.29. The van der Waals surface area contributed by atoms with Gasteiger partial charge in [0.1, 0.15) is 12.0 Å². The second-order valence-corrected chi connectivity index (χ2v) is 5.55. The van der Waals surface area contributed by atoms with Gasteiger partial charge < -0.3 is 9.47 Å². The van der Waals surface area contributed by atoms with Gasteiger partial charge in [0.25, 0.3) is 0 Å². The largest absolute Gasteiger partial charge is 0.475 e. The number of ether oxygens (including phenoxy) is 2. The fourth-order valence-corrected chi connectivity index (χ4v) is 1.87. The number of carbonyl (C=O) groups is 2. The molecule has 0 atom stereocenters. The Morgan fingerprint density at radius 1 is 1.25 bits per heavy atom. The molecule has 2 aromatic rings. The first-order valence-corrected chi connectivity index (χ1v) is 7.82. The summed E-state index contributed by atoms with van der Waals surface area (Å²) in [7, 11) is 0. The van der Waals surface area contributed by atoms with Crippen molar-refractivity contribution < 1.29 is 32.2 Å². The molecule has 0 aliphatic rings. The molecule has 0 fully saturated rings. The number of hydrogen-bond acceptors (Lipinski definition) is 7. The van der Waals surface area contributed by atoms with Gasteiger partial charge in [-0.2, -0.15) is 13.2 Å². The molecule has 8 nitrogen and oxygen atoms in total. The number of rotatable bonds is 6. The molecule has 0 bridgehead atoms. The van der Waals surface area contributed by atoms with E-state index in [2.05, 4.69) is 26.4 Å². The molecule has 2 rings (SSSR count). The average Bonchev–Trinajstić information content (AvgIpc) is 3.07. The van der Waals surface area contributed by atoms with Crippen molar-refractivity contribution in [3.63, 3.8) is 0 Å². The van der Waals surface area contributed by atoms with E-state index in [1.165, 1.54) is 6.07 Å².